The van der Waals surface area contributed by atoms with Crippen LogP contribution in [-0.4, -0.2) is 13.9 Å². The number of rotatable bonds is 10. The first-order valence-electron chi connectivity index (χ1n) is 12.2. The molecule has 1 nitrogen and oxygen atoms in total. The van der Waals surface area contributed by atoms with Gasteiger partial charge in [-0.05, 0) is 85.8 Å². The highest BCUT2D eigenvalue weighted by Gasteiger charge is 2.51. The van der Waals surface area contributed by atoms with Gasteiger partial charge in [0.2, 0.25) is 0 Å². The van der Waals surface area contributed by atoms with Crippen LogP contribution in [0.15, 0.2) is 10.6 Å². The Morgan fingerprint density at radius 2 is 1.86 bits per heavy atom. The van der Waals surface area contributed by atoms with E-state index in [0.29, 0.717) is 5.41 Å². The van der Waals surface area contributed by atoms with E-state index in [-0.39, 0.29) is 5.60 Å². The third kappa shape index (κ3) is 5.35. The maximum Gasteiger partial charge on any atom is 0.192 e. The Hall–Kier alpha value is 0.397. The van der Waals surface area contributed by atoms with Crippen molar-refractivity contribution in [3.8, 4) is 0 Å². The summed E-state index contributed by atoms with van der Waals surface area (Å²) in [7, 11) is -1.52. The Balaban J connectivity index is 1.96. The average Bonchev–Trinajstić information content (AvgIpc) is 2.98. The normalized spacial score (nSPS) is 31.2. The van der Waals surface area contributed by atoms with Gasteiger partial charge >= 0.3 is 0 Å². The maximum absolute atomic E-state index is 6.85. The molecule has 0 aromatic heterocycles. The fraction of sp³-hybridized carbons (Fsp3) is 0.920. The molecular formula is C25H47BrOSi. The van der Waals surface area contributed by atoms with Crippen LogP contribution in [0.2, 0.25) is 18.1 Å². The Morgan fingerprint density at radius 3 is 2.43 bits per heavy atom. The van der Waals surface area contributed by atoms with Gasteiger partial charge in [0.1, 0.15) is 0 Å². The molecule has 2 aliphatic carbocycles. The zero-order chi connectivity index (χ0) is 21.0. The molecule has 28 heavy (non-hydrogen) atoms. The van der Waals surface area contributed by atoms with Crippen LogP contribution in [0.25, 0.3) is 0 Å². The summed E-state index contributed by atoms with van der Waals surface area (Å²) < 4.78 is 6.85. The third-order valence-electron chi connectivity index (χ3n) is 8.62. The summed E-state index contributed by atoms with van der Waals surface area (Å²) in [5, 5.41) is 0. The van der Waals surface area contributed by atoms with Crippen molar-refractivity contribution in [2.24, 2.45) is 23.2 Å². The van der Waals surface area contributed by atoms with Crippen LogP contribution in [0.5, 0.6) is 0 Å². The van der Waals surface area contributed by atoms with Gasteiger partial charge in [-0.15, -0.1) is 0 Å². The summed E-state index contributed by atoms with van der Waals surface area (Å²) in [5.74, 6) is 2.47. The van der Waals surface area contributed by atoms with Crippen LogP contribution >= 0.6 is 15.9 Å². The SMILES string of the molecule is CC[Si](CC)(CC)OC(C)(C)CCC[C@H](C)[C@H]1C(=CBr)CC2CCCC[C@]21C. The first-order chi connectivity index (χ1) is 13.2. The van der Waals surface area contributed by atoms with E-state index in [1.807, 2.05) is 0 Å². The molecular weight excluding hydrogens is 424 g/mol. The van der Waals surface area contributed by atoms with E-state index in [1.165, 1.54) is 69.5 Å². The van der Waals surface area contributed by atoms with E-state index >= 15 is 0 Å². The third-order valence-corrected chi connectivity index (χ3v) is 14.1. The highest BCUT2D eigenvalue weighted by Crippen LogP contribution is 2.60. The van der Waals surface area contributed by atoms with Crippen molar-refractivity contribution < 1.29 is 4.43 Å². The zero-order valence-corrected chi connectivity index (χ0v) is 22.5. The molecule has 0 heterocycles. The van der Waals surface area contributed by atoms with E-state index in [4.69, 9.17) is 4.43 Å². The maximum atomic E-state index is 6.85. The second kappa shape index (κ2) is 10.1. The number of halogens is 1. The lowest BCUT2D eigenvalue weighted by Crippen LogP contribution is -2.44. The van der Waals surface area contributed by atoms with E-state index in [9.17, 15) is 0 Å². The quantitative estimate of drug-likeness (QED) is 0.289. The molecule has 0 aliphatic heterocycles. The van der Waals surface area contributed by atoms with Crippen LogP contribution < -0.4 is 0 Å². The Morgan fingerprint density at radius 1 is 1.21 bits per heavy atom. The molecule has 164 valence electrons. The van der Waals surface area contributed by atoms with Gasteiger partial charge in [-0.1, -0.05) is 81.8 Å². The van der Waals surface area contributed by atoms with Crippen LogP contribution in [0.3, 0.4) is 0 Å². The minimum absolute atomic E-state index is 0.0367. The molecule has 0 N–H and O–H groups in total. The molecule has 2 saturated carbocycles. The smallest absolute Gasteiger partial charge is 0.192 e. The van der Waals surface area contributed by atoms with Crippen molar-refractivity contribution in [3.63, 3.8) is 0 Å². The summed E-state index contributed by atoms with van der Waals surface area (Å²) in [6.07, 6.45) is 10.9. The van der Waals surface area contributed by atoms with Crippen molar-refractivity contribution in [1.29, 1.82) is 0 Å². The van der Waals surface area contributed by atoms with E-state index < -0.39 is 8.32 Å². The first kappa shape index (κ1) is 24.7. The predicted molar refractivity (Wildman–Crippen MR) is 131 cm³/mol. The topological polar surface area (TPSA) is 9.23 Å². The van der Waals surface area contributed by atoms with Gasteiger partial charge in [-0.2, -0.15) is 0 Å². The lowest BCUT2D eigenvalue weighted by Gasteiger charge is -2.43. The molecule has 0 bridgehead atoms. The monoisotopic (exact) mass is 470 g/mol. The van der Waals surface area contributed by atoms with Crippen LogP contribution in [-0.2, 0) is 4.43 Å². The molecule has 0 amide bonds. The van der Waals surface area contributed by atoms with Crippen LogP contribution in [0.1, 0.15) is 99.8 Å². The molecule has 0 aromatic carbocycles. The molecule has 0 saturated heterocycles. The second-order valence-corrected chi connectivity index (χ2v) is 15.9. The van der Waals surface area contributed by atoms with Crippen LogP contribution in [0.4, 0.5) is 0 Å². The molecule has 2 fully saturated rings. The van der Waals surface area contributed by atoms with Gasteiger partial charge in [-0.3, -0.25) is 0 Å². The standard InChI is InChI=1S/C25H47BrOSi/c1-8-28(9-2,10-3)27-24(5,6)16-13-14-20(4)23-21(19-26)18-22-15-11-12-17-25(22,23)7/h19-20,22-23H,8-18H2,1-7H3/t20-,22?,23-,25+/m0/s1. The average molecular weight is 472 g/mol. The van der Waals surface area contributed by atoms with Gasteiger partial charge in [0.05, 0.1) is 5.60 Å². The molecule has 0 aromatic rings. The second-order valence-electron chi connectivity index (χ2n) is 10.8. The van der Waals surface area contributed by atoms with Gasteiger partial charge in [0.15, 0.2) is 8.32 Å². The highest BCUT2D eigenvalue weighted by atomic mass is 79.9. The Bertz CT molecular complexity index is 516. The molecule has 1 unspecified atom stereocenters. The number of fused-ring (bicyclic) bond motifs is 1. The lowest BCUT2D eigenvalue weighted by molar-refractivity contribution is 0.0639. The Labute approximate surface area is 185 Å². The number of hydrogen-bond donors (Lipinski definition) is 0. The number of allylic oxidation sites excluding steroid dienone is 1. The van der Waals surface area contributed by atoms with Gasteiger partial charge in [0.25, 0.3) is 0 Å². The van der Waals surface area contributed by atoms with Gasteiger partial charge in [0, 0.05) is 0 Å². The van der Waals surface area contributed by atoms with Crippen molar-refractivity contribution >= 4 is 24.2 Å². The molecule has 0 radical (unpaired) electrons. The fourth-order valence-corrected chi connectivity index (χ4v) is 10.4. The summed E-state index contributed by atoms with van der Waals surface area (Å²) in [4.78, 5) is 2.29. The largest absolute Gasteiger partial charge is 0.412 e. The molecule has 0 spiro atoms. The molecule has 4 atom stereocenters. The minimum atomic E-state index is -1.52. The summed E-state index contributed by atoms with van der Waals surface area (Å²) in [5.41, 5.74) is 2.28. The molecule has 3 heteroatoms. The van der Waals surface area contributed by atoms with Gasteiger partial charge in [-0.25, -0.2) is 0 Å². The predicted octanol–water partition coefficient (Wildman–Crippen LogP) is 9.09. The summed E-state index contributed by atoms with van der Waals surface area (Å²) in [6.45, 7) is 16.8. The zero-order valence-electron chi connectivity index (χ0n) is 19.9. The summed E-state index contributed by atoms with van der Waals surface area (Å²) in [6, 6.07) is 3.75. The first-order valence-corrected chi connectivity index (χ1v) is 15.6. The number of hydrogen-bond acceptors (Lipinski definition) is 1. The van der Waals surface area contributed by atoms with E-state index in [2.05, 4.69) is 69.4 Å². The lowest BCUT2D eigenvalue weighted by atomic mass is 9.62. The van der Waals surface area contributed by atoms with Crippen molar-refractivity contribution in [2.45, 2.75) is 124 Å². The molecule has 2 aliphatic rings. The molecule has 2 rings (SSSR count). The van der Waals surface area contributed by atoms with E-state index in [1.54, 1.807) is 5.57 Å². The summed E-state index contributed by atoms with van der Waals surface area (Å²) >= 11 is 3.72. The van der Waals surface area contributed by atoms with Crippen molar-refractivity contribution in [2.75, 3.05) is 0 Å². The fourth-order valence-electron chi connectivity index (χ4n) is 6.76. The van der Waals surface area contributed by atoms with Crippen molar-refractivity contribution in [1.82, 2.24) is 0 Å². The van der Waals surface area contributed by atoms with Crippen molar-refractivity contribution in [3.05, 3.63) is 10.6 Å². The Kier molecular flexibility index (Phi) is 8.93. The van der Waals surface area contributed by atoms with Crippen LogP contribution in [0, 0.1) is 23.2 Å². The van der Waals surface area contributed by atoms with E-state index in [0.717, 1.165) is 17.8 Å². The van der Waals surface area contributed by atoms with Gasteiger partial charge < -0.3 is 4.43 Å². The highest BCUT2D eigenvalue weighted by molar-refractivity contribution is 9.11. The minimum Gasteiger partial charge on any atom is -0.412 e.